The molecule has 136 valence electrons. The molecule has 1 aromatic rings. The van der Waals surface area contributed by atoms with Gasteiger partial charge in [0, 0.05) is 11.8 Å². The van der Waals surface area contributed by atoms with E-state index in [0.717, 1.165) is 44.1 Å². The Bertz CT molecular complexity index is 758. The number of carbonyl (C=O) groups is 1. The van der Waals surface area contributed by atoms with Crippen LogP contribution in [0.25, 0.3) is 5.57 Å². The van der Waals surface area contributed by atoms with Gasteiger partial charge in [0.25, 0.3) is 0 Å². The standard InChI is InChI=1S/C22H26N2O2/c23-13-19-21(18-12-6-5-11-17(18)15-7-1-2-8-15)20(14-25)24(19)22(26)16-9-3-4-10-16/h5-7,11-12,16,19-21,25H,1-4,8-10,14H2/t19-,20-,21+/m0/s1. The minimum atomic E-state index is -0.469. The number of benzene rings is 1. The molecule has 2 fully saturated rings. The van der Waals surface area contributed by atoms with Gasteiger partial charge >= 0.3 is 0 Å². The second-order valence-electron chi connectivity index (χ2n) is 7.79. The molecule has 1 amide bonds. The van der Waals surface area contributed by atoms with Gasteiger partial charge in [-0.15, -0.1) is 0 Å². The highest BCUT2D eigenvalue weighted by molar-refractivity contribution is 5.82. The number of rotatable bonds is 4. The van der Waals surface area contributed by atoms with Crippen molar-refractivity contribution in [1.29, 1.82) is 5.26 Å². The first-order chi connectivity index (χ1) is 12.8. The summed E-state index contributed by atoms with van der Waals surface area (Å²) in [5.74, 6) is 0.00333. The third kappa shape index (κ3) is 2.75. The van der Waals surface area contributed by atoms with Crippen molar-refractivity contribution in [1.82, 2.24) is 4.90 Å². The highest BCUT2D eigenvalue weighted by Gasteiger charge is 2.53. The fourth-order valence-electron chi connectivity index (χ4n) is 5.06. The Morgan fingerprint density at radius 3 is 2.65 bits per heavy atom. The van der Waals surface area contributed by atoms with Gasteiger partial charge in [-0.3, -0.25) is 4.79 Å². The Balaban J connectivity index is 1.65. The first-order valence-electron chi connectivity index (χ1n) is 9.87. The summed E-state index contributed by atoms with van der Waals surface area (Å²) in [7, 11) is 0. The largest absolute Gasteiger partial charge is 0.394 e. The van der Waals surface area contributed by atoms with E-state index >= 15 is 0 Å². The molecule has 4 rings (SSSR count). The van der Waals surface area contributed by atoms with E-state index in [2.05, 4.69) is 24.3 Å². The zero-order valence-corrected chi connectivity index (χ0v) is 15.1. The number of amides is 1. The van der Waals surface area contributed by atoms with Crippen molar-refractivity contribution < 1.29 is 9.90 Å². The van der Waals surface area contributed by atoms with Crippen LogP contribution in [-0.4, -0.2) is 34.6 Å². The van der Waals surface area contributed by atoms with Gasteiger partial charge in [-0.05, 0) is 48.8 Å². The number of aliphatic hydroxyl groups excluding tert-OH is 1. The number of nitriles is 1. The van der Waals surface area contributed by atoms with Gasteiger partial charge in [0.1, 0.15) is 6.04 Å². The summed E-state index contributed by atoms with van der Waals surface area (Å²) in [6.07, 6.45) is 9.64. The van der Waals surface area contributed by atoms with E-state index in [1.807, 2.05) is 12.1 Å². The molecule has 1 N–H and O–H groups in total. The van der Waals surface area contributed by atoms with Crippen molar-refractivity contribution in [3.8, 4) is 6.07 Å². The Morgan fingerprint density at radius 2 is 2.00 bits per heavy atom. The van der Waals surface area contributed by atoms with Gasteiger partial charge in [-0.2, -0.15) is 5.26 Å². The van der Waals surface area contributed by atoms with E-state index < -0.39 is 6.04 Å². The van der Waals surface area contributed by atoms with E-state index in [-0.39, 0.29) is 30.4 Å². The van der Waals surface area contributed by atoms with Crippen molar-refractivity contribution in [2.24, 2.45) is 5.92 Å². The maximum Gasteiger partial charge on any atom is 0.227 e. The molecule has 0 bridgehead atoms. The monoisotopic (exact) mass is 350 g/mol. The Labute approximate surface area is 155 Å². The lowest BCUT2D eigenvalue weighted by molar-refractivity contribution is -0.151. The van der Waals surface area contributed by atoms with Crippen LogP contribution in [0.15, 0.2) is 30.3 Å². The summed E-state index contributed by atoms with van der Waals surface area (Å²) in [6, 6.07) is 9.84. The molecule has 4 nitrogen and oxygen atoms in total. The third-order valence-electron chi connectivity index (χ3n) is 6.40. The molecule has 3 aliphatic rings. The maximum absolute atomic E-state index is 12.9. The number of carbonyl (C=O) groups excluding carboxylic acids is 1. The molecule has 1 aliphatic heterocycles. The molecule has 0 spiro atoms. The molecule has 0 radical (unpaired) electrons. The molecule has 1 saturated carbocycles. The van der Waals surface area contributed by atoms with Crippen molar-refractivity contribution in [2.45, 2.75) is 62.9 Å². The van der Waals surface area contributed by atoms with Crippen LogP contribution < -0.4 is 0 Å². The lowest BCUT2D eigenvalue weighted by atomic mass is 9.72. The highest BCUT2D eigenvalue weighted by atomic mass is 16.3. The second-order valence-corrected chi connectivity index (χ2v) is 7.79. The van der Waals surface area contributed by atoms with E-state index in [1.165, 1.54) is 17.6 Å². The van der Waals surface area contributed by atoms with Crippen LogP contribution in [-0.2, 0) is 4.79 Å². The molecule has 26 heavy (non-hydrogen) atoms. The SMILES string of the molecule is N#C[C@H]1[C@@H](c2ccccc2C2=CCCC2)[C@H](CO)N1C(=O)C1CCCC1. The maximum atomic E-state index is 12.9. The first-order valence-corrected chi connectivity index (χ1v) is 9.87. The molecule has 4 heteroatoms. The Hall–Kier alpha value is -2.12. The second kappa shape index (κ2) is 7.25. The number of nitrogens with zero attached hydrogens (tertiary/aromatic N) is 2. The van der Waals surface area contributed by atoms with Crippen LogP contribution in [0, 0.1) is 17.2 Å². The minimum absolute atomic E-state index is 0.0358. The van der Waals surface area contributed by atoms with Crippen molar-refractivity contribution in [2.75, 3.05) is 6.61 Å². The summed E-state index contributed by atoms with van der Waals surface area (Å²) in [6.45, 7) is -0.0886. The number of likely N-dealkylation sites (tertiary alicyclic amines) is 1. The smallest absolute Gasteiger partial charge is 0.227 e. The number of hydrogen-bond donors (Lipinski definition) is 1. The first kappa shape index (κ1) is 17.3. The fourth-order valence-corrected chi connectivity index (χ4v) is 5.06. The van der Waals surface area contributed by atoms with Crippen LogP contribution in [0.2, 0.25) is 0 Å². The van der Waals surface area contributed by atoms with Crippen molar-refractivity contribution >= 4 is 11.5 Å². The summed E-state index contributed by atoms with van der Waals surface area (Å²) in [4.78, 5) is 14.6. The summed E-state index contributed by atoms with van der Waals surface area (Å²) < 4.78 is 0. The van der Waals surface area contributed by atoms with E-state index in [0.29, 0.717) is 0 Å². The highest BCUT2D eigenvalue weighted by Crippen LogP contribution is 2.45. The molecule has 0 aromatic heterocycles. The third-order valence-corrected chi connectivity index (χ3v) is 6.40. The van der Waals surface area contributed by atoms with Gasteiger partial charge in [0.05, 0.1) is 18.7 Å². The van der Waals surface area contributed by atoms with E-state index in [1.54, 1.807) is 4.90 Å². The van der Waals surface area contributed by atoms with Gasteiger partial charge < -0.3 is 10.0 Å². The van der Waals surface area contributed by atoms with Gasteiger partial charge in [-0.25, -0.2) is 0 Å². The van der Waals surface area contributed by atoms with Crippen LogP contribution in [0.5, 0.6) is 0 Å². The van der Waals surface area contributed by atoms with Crippen LogP contribution in [0.3, 0.4) is 0 Å². The average Bonchev–Trinajstić information content (AvgIpc) is 3.36. The lowest BCUT2D eigenvalue weighted by Gasteiger charge is -2.53. The summed E-state index contributed by atoms with van der Waals surface area (Å²) in [5, 5.41) is 19.8. The summed E-state index contributed by atoms with van der Waals surface area (Å²) in [5.41, 5.74) is 3.65. The number of aliphatic hydroxyl groups is 1. The topological polar surface area (TPSA) is 64.3 Å². The molecular formula is C22H26N2O2. The molecule has 0 unspecified atom stereocenters. The zero-order valence-electron chi connectivity index (χ0n) is 15.1. The van der Waals surface area contributed by atoms with E-state index in [9.17, 15) is 15.2 Å². The predicted molar refractivity (Wildman–Crippen MR) is 100 cm³/mol. The van der Waals surface area contributed by atoms with Gasteiger partial charge in [-0.1, -0.05) is 43.2 Å². The van der Waals surface area contributed by atoms with Crippen LogP contribution in [0.1, 0.15) is 62.0 Å². The normalized spacial score (nSPS) is 28.5. The van der Waals surface area contributed by atoms with Crippen LogP contribution >= 0.6 is 0 Å². The minimum Gasteiger partial charge on any atom is -0.394 e. The fraction of sp³-hybridized carbons (Fsp3) is 0.545. The quantitative estimate of drug-likeness (QED) is 0.902. The zero-order chi connectivity index (χ0) is 18.1. The van der Waals surface area contributed by atoms with Gasteiger partial charge in [0.2, 0.25) is 5.91 Å². The molecule has 3 atom stereocenters. The van der Waals surface area contributed by atoms with E-state index in [4.69, 9.17) is 0 Å². The molecular weight excluding hydrogens is 324 g/mol. The van der Waals surface area contributed by atoms with Crippen LogP contribution in [0.4, 0.5) is 0 Å². The Morgan fingerprint density at radius 1 is 1.23 bits per heavy atom. The number of allylic oxidation sites excluding steroid dienone is 2. The summed E-state index contributed by atoms with van der Waals surface area (Å²) >= 11 is 0. The molecule has 1 aromatic carbocycles. The molecule has 1 saturated heterocycles. The van der Waals surface area contributed by atoms with Gasteiger partial charge in [0.15, 0.2) is 0 Å². The average molecular weight is 350 g/mol. The molecule has 2 aliphatic carbocycles. The van der Waals surface area contributed by atoms with Crippen molar-refractivity contribution in [3.05, 3.63) is 41.5 Å². The lowest BCUT2D eigenvalue weighted by Crippen LogP contribution is -2.66. The number of hydrogen-bond acceptors (Lipinski definition) is 3. The Kier molecular flexibility index (Phi) is 4.82. The molecule has 1 heterocycles. The van der Waals surface area contributed by atoms with Crippen molar-refractivity contribution in [3.63, 3.8) is 0 Å². The predicted octanol–water partition coefficient (Wildman–Crippen LogP) is 3.62.